The molecule has 0 bridgehead atoms. The minimum Gasteiger partial charge on any atom is -0.472 e. The lowest BCUT2D eigenvalue weighted by Crippen LogP contribution is -2.50. The predicted octanol–water partition coefficient (Wildman–Crippen LogP) is 3.07. The fraction of sp³-hybridized carbons (Fsp3) is 0.400. The molecule has 1 aromatic heterocycles. The fourth-order valence-corrected chi connectivity index (χ4v) is 4.13. The summed E-state index contributed by atoms with van der Waals surface area (Å²) < 4.78 is 19.0. The van der Waals surface area contributed by atoms with E-state index in [1.165, 1.54) is 18.6 Å². The van der Waals surface area contributed by atoms with E-state index < -0.39 is 5.41 Å². The van der Waals surface area contributed by atoms with Crippen LogP contribution in [0.5, 0.6) is 0 Å². The number of piperidine rings is 1. The molecule has 3 heterocycles. The molecule has 0 saturated carbocycles. The zero-order valence-electron chi connectivity index (χ0n) is 14.5. The van der Waals surface area contributed by atoms with Gasteiger partial charge in [0.2, 0.25) is 5.91 Å². The van der Waals surface area contributed by atoms with E-state index in [-0.39, 0.29) is 24.2 Å². The second kappa shape index (κ2) is 6.59. The third-order valence-corrected chi connectivity index (χ3v) is 5.55. The summed E-state index contributed by atoms with van der Waals surface area (Å²) in [5, 5.41) is 0. The summed E-state index contributed by atoms with van der Waals surface area (Å²) in [6.45, 7) is 1.89. The highest BCUT2D eigenvalue weighted by Crippen LogP contribution is 2.41. The number of carbonyl (C=O) groups excluding carboxylic acids is 2. The van der Waals surface area contributed by atoms with Crippen LogP contribution in [-0.4, -0.2) is 41.2 Å². The molecular formula is C20H21FN2O3. The largest absolute Gasteiger partial charge is 0.472 e. The molecule has 0 unspecified atom stereocenters. The maximum absolute atomic E-state index is 14.0. The van der Waals surface area contributed by atoms with Gasteiger partial charge in [0.05, 0.1) is 17.2 Å². The van der Waals surface area contributed by atoms with Crippen LogP contribution in [0.25, 0.3) is 0 Å². The van der Waals surface area contributed by atoms with Crippen molar-refractivity contribution in [2.75, 3.05) is 19.6 Å². The summed E-state index contributed by atoms with van der Waals surface area (Å²) in [6, 6.07) is 8.20. The van der Waals surface area contributed by atoms with Gasteiger partial charge in [-0.25, -0.2) is 4.39 Å². The highest BCUT2D eigenvalue weighted by atomic mass is 19.1. The normalized spacial score (nSPS) is 23.0. The smallest absolute Gasteiger partial charge is 0.257 e. The number of likely N-dealkylation sites (tertiary alicyclic amines) is 2. The van der Waals surface area contributed by atoms with Crippen molar-refractivity contribution in [3.63, 3.8) is 0 Å². The summed E-state index contributed by atoms with van der Waals surface area (Å²) in [6.07, 6.45) is 5.20. The molecule has 26 heavy (non-hydrogen) atoms. The molecule has 1 atom stereocenters. The zero-order chi connectivity index (χ0) is 18.1. The van der Waals surface area contributed by atoms with Gasteiger partial charge in [0.15, 0.2) is 0 Å². The SMILES string of the molecule is O=C(c1ccoc1)N1CC[C@@]2(CCCN(Cc3ccccc3F)C2=O)C1. The van der Waals surface area contributed by atoms with E-state index in [2.05, 4.69) is 0 Å². The first-order valence-corrected chi connectivity index (χ1v) is 8.93. The zero-order valence-corrected chi connectivity index (χ0v) is 14.5. The van der Waals surface area contributed by atoms with Crippen molar-refractivity contribution in [2.24, 2.45) is 5.41 Å². The summed E-state index contributed by atoms with van der Waals surface area (Å²) in [5.74, 6) is -0.354. The molecular weight excluding hydrogens is 335 g/mol. The van der Waals surface area contributed by atoms with Gasteiger partial charge in [-0.2, -0.15) is 0 Å². The van der Waals surface area contributed by atoms with Gasteiger partial charge in [0, 0.05) is 31.7 Å². The molecule has 2 aromatic rings. The van der Waals surface area contributed by atoms with Crippen LogP contribution in [0.4, 0.5) is 4.39 Å². The Kier molecular flexibility index (Phi) is 4.26. The van der Waals surface area contributed by atoms with Gasteiger partial charge in [-0.3, -0.25) is 9.59 Å². The van der Waals surface area contributed by atoms with Crippen LogP contribution in [0.3, 0.4) is 0 Å². The number of hydrogen-bond acceptors (Lipinski definition) is 3. The quantitative estimate of drug-likeness (QED) is 0.849. The monoisotopic (exact) mass is 356 g/mol. The van der Waals surface area contributed by atoms with Crippen molar-refractivity contribution in [2.45, 2.75) is 25.8 Å². The number of amides is 2. The van der Waals surface area contributed by atoms with Crippen LogP contribution < -0.4 is 0 Å². The Morgan fingerprint density at radius 1 is 1.19 bits per heavy atom. The molecule has 0 N–H and O–H groups in total. The van der Waals surface area contributed by atoms with Crippen molar-refractivity contribution in [1.29, 1.82) is 0 Å². The lowest BCUT2D eigenvalue weighted by molar-refractivity contribution is -0.146. The number of halogens is 1. The molecule has 0 radical (unpaired) electrons. The van der Waals surface area contributed by atoms with Gasteiger partial charge in [-0.1, -0.05) is 18.2 Å². The maximum atomic E-state index is 14.0. The molecule has 0 aliphatic carbocycles. The van der Waals surface area contributed by atoms with Crippen LogP contribution in [-0.2, 0) is 11.3 Å². The molecule has 2 aliphatic rings. The van der Waals surface area contributed by atoms with Gasteiger partial charge in [0.1, 0.15) is 12.1 Å². The van der Waals surface area contributed by atoms with Crippen LogP contribution in [0.15, 0.2) is 47.3 Å². The molecule has 6 heteroatoms. The van der Waals surface area contributed by atoms with Crippen LogP contribution in [0.2, 0.25) is 0 Å². The molecule has 4 rings (SSSR count). The van der Waals surface area contributed by atoms with E-state index in [9.17, 15) is 14.0 Å². The minimum atomic E-state index is -0.539. The van der Waals surface area contributed by atoms with Crippen molar-refractivity contribution in [3.05, 3.63) is 59.8 Å². The molecule has 2 aliphatic heterocycles. The first kappa shape index (κ1) is 16.8. The van der Waals surface area contributed by atoms with Crippen molar-refractivity contribution < 1.29 is 18.4 Å². The summed E-state index contributed by atoms with van der Waals surface area (Å²) in [4.78, 5) is 29.2. The molecule has 2 saturated heterocycles. The third-order valence-electron chi connectivity index (χ3n) is 5.55. The van der Waals surface area contributed by atoms with Gasteiger partial charge < -0.3 is 14.2 Å². The highest BCUT2D eigenvalue weighted by Gasteiger charge is 2.49. The lowest BCUT2D eigenvalue weighted by atomic mass is 9.78. The Morgan fingerprint density at radius 3 is 2.81 bits per heavy atom. The first-order chi connectivity index (χ1) is 12.6. The molecule has 2 amide bonds. The predicted molar refractivity (Wildman–Crippen MR) is 92.7 cm³/mol. The van der Waals surface area contributed by atoms with Gasteiger partial charge >= 0.3 is 0 Å². The highest BCUT2D eigenvalue weighted by molar-refractivity contribution is 5.95. The Bertz CT molecular complexity index is 820. The van der Waals surface area contributed by atoms with E-state index in [1.807, 2.05) is 0 Å². The summed E-state index contributed by atoms with van der Waals surface area (Å²) >= 11 is 0. The van der Waals surface area contributed by atoms with Crippen molar-refractivity contribution in [1.82, 2.24) is 9.80 Å². The van der Waals surface area contributed by atoms with E-state index in [0.29, 0.717) is 37.2 Å². The molecule has 5 nitrogen and oxygen atoms in total. The van der Waals surface area contributed by atoms with E-state index >= 15 is 0 Å². The molecule has 136 valence electrons. The van der Waals surface area contributed by atoms with Gasteiger partial charge in [0.25, 0.3) is 5.91 Å². The molecule has 2 fully saturated rings. The number of nitrogens with zero attached hydrogens (tertiary/aromatic N) is 2. The topological polar surface area (TPSA) is 53.8 Å². The average molecular weight is 356 g/mol. The van der Waals surface area contributed by atoms with E-state index in [0.717, 1.165) is 12.8 Å². The van der Waals surface area contributed by atoms with Gasteiger partial charge in [-0.15, -0.1) is 0 Å². The maximum Gasteiger partial charge on any atom is 0.257 e. The number of rotatable bonds is 3. The lowest BCUT2D eigenvalue weighted by Gasteiger charge is -2.39. The van der Waals surface area contributed by atoms with Crippen molar-refractivity contribution >= 4 is 11.8 Å². The number of hydrogen-bond donors (Lipinski definition) is 0. The number of furan rings is 1. The number of carbonyl (C=O) groups is 2. The molecule has 1 aromatic carbocycles. The van der Waals surface area contributed by atoms with Crippen LogP contribution >= 0.6 is 0 Å². The molecule has 1 spiro atoms. The fourth-order valence-electron chi connectivity index (χ4n) is 4.13. The van der Waals surface area contributed by atoms with E-state index in [4.69, 9.17) is 4.42 Å². The Balaban J connectivity index is 1.49. The summed E-state index contributed by atoms with van der Waals surface area (Å²) in [7, 11) is 0. The third kappa shape index (κ3) is 2.89. The Hall–Kier alpha value is -2.63. The average Bonchev–Trinajstić information content (AvgIpc) is 3.31. The first-order valence-electron chi connectivity index (χ1n) is 8.93. The van der Waals surface area contributed by atoms with E-state index in [1.54, 1.807) is 34.1 Å². The van der Waals surface area contributed by atoms with Crippen LogP contribution in [0.1, 0.15) is 35.2 Å². The Labute approximate surface area is 151 Å². The second-order valence-electron chi connectivity index (χ2n) is 7.19. The summed E-state index contributed by atoms with van der Waals surface area (Å²) in [5.41, 5.74) is 0.499. The van der Waals surface area contributed by atoms with Crippen LogP contribution in [0, 0.1) is 11.2 Å². The minimum absolute atomic E-state index is 0.0366. The Morgan fingerprint density at radius 2 is 2.04 bits per heavy atom. The number of benzene rings is 1. The van der Waals surface area contributed by atoms with Crippen molar-refractivity contribution in [3.8, 4) is 0 Å². The second-order valence-corrected chi connectivity index (χ2v) is 7.19. The van der Waals surface area contributed by atoms with Gasteiger partial charge in [-0.05, 0) is 31.4 Å². The standard InChI is InChI=1S/C20H21FN2O3/c21-17-5-2-1-4-15(17)12-22-9-3-7-20(19(22)25)8-10-23(14-20)18(24)16-6-11-26-13-16/h1-2,4-6,11,13H,3,7-10,12,14H2/t20-/m0/s1.